The maximum atomic E-state index is 11.0. The van der Waals surface area contributed by atoms with Gasteiger partial charge in [0.1, 0.15) is 5.78 Å². The minimum Gasteiger partial charge on any atom is -0.300 e. The van der Waals surface area contributed by atoms with E-state index in [4.69, 9.17) is 0 Å². The highest BCUT2D eigenvalue weighted by Gasteiger charge is 2.33. The molecule has 1 aliphatic rings. The first-order valence-electron chi connectivity index (χ1n) is 5.60. The molecule has 1 rings (SSSR count). The Morgan fingerprint density at radius 3 is 2.71 bits per heavy atom. The zero-order chi connectivity index (χ0) is 10.8. The van der Waals surface area contributed by atoms with E-state index in [1.54, 1.807) is 6.92 Å². The van der Waals surface area contributed by atoms with Crippen molar-refractivity contribution < 1.29 is 4.79 Å². The smallest absolute Gasteiger partial charge is 0.129 e. The van der Waals surface area contributed by atoms with Crippen molar-refractivity contribution in [3.8, 4) is 0 Å². The Balaban J connectivity index is 2.61. The van der Waals surface area contributed by atoms with Crippen LogP contribution < -0.4 is 0 Å². The Hall–Kier alpha value is -0.590. The second-order valence-corrected chi connectivity index (χ2v) is 5.29. The fraction of sp³-hybridized carbons (Fsp3) is 0.769. The first-order chi connectivity index (χ1) is 6.43. The first kappa shape index (κ1) is 11.5. The number of carbonyl (C=O) groups is 1. The highest BCUT2D eigenvalue weighted by Crippen LogP contribution is 2.45. The molecule has 1 fully saturated rings. The van der Waals surface area contributed by atoms with Crippen molar-refractivity contribution in [3.05, 3.63) is 12.2 Å². The van der Waals surface area contributed by atoms with Crippen LogP contribution in [0, 0.1) is 11.3 Å². The summed E-state index contributed by atoms with van der Waals surface area (Å²) in [5.41, 5.74) is 1.72. The normalized spacial score (nSPS) is 26.2. The molecule has 1 atom stereocenters. The van der Waals surface area contributed by atoms with Crippen LogP contribution in [-0.2, 0) is 4.79 Å². The van der Waals surface area contributed by atoms with E-state index in [1.807, 2.05) is 0 Å². The highest BCUT2D eigenvalue weighted by atomic mass is 16.1. The van der Waals surface area contributed by atoms with Crippen LogP contribution in [0.2, 0.25) is 0 Å². The summed E-state index contributed by atoms with van der Waals surface area (Å²) in [5, 5.41) is 0. The fourth-order valence-corrected chi connectivity index (χ4v) is 2.61. The Labute approximate surface area is 87.6 Å². The van der Waals surface area contributed by atoms with Gasteiger partial charge in [0.2, 0.25) is 0 Å². The monoisotopic (exact) mass is 194 g/mol. The zero-order valence-corrected chi connectivity index (χ0v) is 9.73. The van der Waals surface area contributed by atoms with E-state index in [0.29, 0.717) is 23.5 Å². The van der Waals surface area contributed by atoms with E-state index in [-0.39, 0.29) is 0 Å². The summed E-state index contributed by atoms with van der Waals surface area (Å²) in [4.78, 5) is 11.0. The third-order valence-electron chi connectivity index (χ3n) is 3.54. The van der Waals surface area contributed by atoms with Crippen molar-refractivity contribution in [1.29, 1.82) is 0 Å². The fourth-order valence-electron chi connectivity index (χ4n) is 2.61. The molecule has 0 unspecified atom stereocenters. The molecule has 0 aromatic heterocycles. The lowest BCUT2D eigenvalue weighted by molar-refractivity contribution is -0.117. The summed E-state index contributed by atoms with van der Waals surface area (Å²) in [6, 6.07) is 0. The van der Waals surface area contributed by atoms with Crippen molar-refractivity contribution in [2.75, 3.05) is 0 Å². The summed E-state index contributed by atoms with van der Waals surface area (Å²) in [5.74, 6) is 0.860. The molecule has 0 amide bonds. The molecule has 0 bridgehead atoms. The number of rotatable bonds is 3. The molecule has 0 spiro atoms. The molecular weight excluding hydrogens is 172 g/mol. The van der Waals surface area contributed by atoms with Crippen LogP contribution >= 0.6 is 0 Å². The van der Waals surface area contributed by atoms with Crippen LogP contribution in [0.25, 0.3) is 0 Å². The predicted molar refractivity (Wildman–Crippen MR) is 60.2 cm³/mol. The molecule has 0 N–H and O–H groups in total. The Bertz CT molecular complexity index is 238. The van der Waals surface area contributed by atoms with Gasteiger partial charge in [-0.3, -0.25) is 0 Å². The number of allylic oxidation sites excluding steroid dienone is 1. The molecule has 1 aliphatic carbocycles. The quantitative estimate of drug-likeness (QED) is 0.625. The third-order valence-corrected chi connectivity index (χ3v) is 3.54. The van der Waals surface area contributed by atoms with E-state index in [1.165, 1.54) is 18.4 Å². The first-order valence-corrected chi connectivity index (χ1v) is 5.60. The zero-order valence-electron chi connectivity index (χ0n) is 9.73. The van der Waals surface area contributed by atoms with Gasteiger partial charge in [-0.15, -0.1) is 0 Å². The number of carbonyl (C=O) groups excluding carboxylic acids is 1. The Morgan fingerprint density at radius 2 is 2.21 bits per heavy atom. The largest absolute Gasteiger partial charge is 0.300 e. The van der Waals surface area contributed by atoms with Crippen LogP contribution in [-0.4, -0.2) is 5.78 Å². The molecule has 0 heterocycles. The van der Waals surface area contributed by atoms with Crippen molar-refractivity contribution in [2.24, 2.45) is 11.3 Å². The van der Waals surface area contributed by atoms with Gasteiger partial charge in [0.25, 0.3) is 0 Å². The van der Waals surface area contributed by atoms with Crippen LogP contribution in [0.3, 0.4) is 0 Å². The topological polar surface area (TPSA) is 17.1 Å². The lowest BCUT2D eigenvalue weighted by Crippen LogP contribution is -2.29. The number of hydrogen-bond acceptors (Lipinski definition) is 1. The van der Waals surface area contributed by atoms with Crippen molar-refractivity contribution in [3.63, 3.8) is 0 Å². The van der Waals surface area contributed by atoms with E-state index < -0.39 is 0 Å². The molecule has 0 aromatic rings. The summed E-state index contributed by atoms with van der Waals surface area (Å²) >= 11 is 0. The molecule has 14 heavy (non-hydrogen) atoms. The summed E-state index contributed by atoms with van der Waals surface area (Å²) < 4.78 is 0. The molecule has 1 saturated carbocycles. The lowest BCUT2D eigenvalue weighted by Gasteiger charge is -2.40. The predicted octanol–water partition coefficient (Wildman–Crippen LogP) is 3.74. The molecule has 1 nitrogen and oxygen atoms in total. The maximum absolute atomic E-state index is 11.0. The number of hydrogen-bond donors (Lipinski definition) is 0. The van der Waals surface area contributed by atoms with Gasteiger partial charge in [-0.2, -0.15) is 0 Å². The number of ketones is 1. The minimum atomic E-state index is 0.305. The van der Waals surface area contributed by atoms with Gasteiger partial charge in [-0.1, -0.05) is 26.0 Å². The molecule has 80 valence electrons. The minimum absolute atomic E-state index is 0.305. The van der Waals surface area contributed by atoms with Crippen molar-refractivity contribution >= 4 is 5.78 Å². The van der Waals surface area contributed by atoms with E-state index in [9.17, 15) is 4.79 Å². The summed E-state index contributed by atoms with van der Waals surface area (Å²) in [7, 11) is 0. The molecule has 0 aromatic carbocycles. The average molecular weight is 194 g/mol. The van der Waals surface area contributed by atoms with E-state index in [0.717, 1.165) is 12.8 Å². The Morgan fingerprint density at radius 1 is 1.57 bits per heavy atom. The van der Waals surface area contributed by atoms with Crippen LogP contribution in [0.15, 0.2) is 12.2 Å². The van der Waals surface area contributed by atoms with Crippen molar-refractivity contribution in [2.45, 2.75) is 52.9 Å². The number of Topliss-reactive ketones (excluding diaryl/α,β-unsaturated/α-hetero) is 1. The Kier molecular flexibility index (Phi) is 3.52. The highest BCUT2D eigenvalue weighted by molar-refractivity contribution is 5.75. The second kappa shape index (κ2) is 4.29. The summed E-state index contributed by atoms with van der Waals surface area (Å²) in [6.07, 6.45) is 5.41. The van der Waals surface area contributed by atoms with Gasteiger partial charge in [0, 0.05) is 6.42 Å². The van der Waals surface area contributed by atoms with Gasteiger partial charge in [-0.25, -0.2) is 0 Å². The standard InChI is InChI=1S/C13H22O/c1-10-6-5-9-13(3,4)12(10)8-7-11(2)14/h12H,1,5-9H2,2-4H3/t12-/m0/s1. The van der Waals surface area contributed by atoms with Gasteiger partial charge in [0.05, 0.1) is 0 Å². The average Bonchev–Trinajstić information content (AvgIpc) is 2.01. The van der Waals surface area contributed by atoms with Gasteiger partial charge >= 0.3 is 0 Å². The molecule has 0 radical (unpaired) electrons. The third kappa shape index (κ3) is 2.70. The van der Waals surface area contributed by atoms with Gasteiger partial charge in [-0.05, 0) is 43.9 Å². The molecule has 0 saturated heterocycles. The SMILES string of the molecule is C=C1CCCC(C)(C)[C@H]1CCC(C)=O. The van der Waals surface area contributed by atoms with Crippen LogP contribution in [0.4, 0.5) is 0 Å². The van der Waals surface area contributed by atoms with Crippen LogP contribution in [0.5, 0.6) is 0 Å². The molecule has 0 aliphatic heterocycles. The van der Waals surface area contributed by atoms with E-state index >= 15 is 0 Å². The van der Waals surface area contributed by atoms with E-state index in [2.05, 4.69) is 20.4 Å². The van der Waals surface area contributed by atoms with Crippen LogP contribution in [0.1, 0.15) is 52.9 Å². The molecule has 1 heteroatoms. The van der Waals surface area contributed by atoms with Gasteiger partial charge in [0.15, 0.2) is 0 Å². The summed E-state index contributed by atoms with van der Waals surface area (Å²) in [6.45, 7) is 10.5. The molecular formula is C13H22O. The van der Waals surface area contributed by atoms with Gasteiger partial charge < -0.3 is 4.79 Å². The second-order valence-electron chi connectivity index (χ2n) is 5.29. The lowest BCUT2D eigenvalue weighted by atomic mass is 9.65. The maximum Gasteiger partial charge on any atom is 0.129 e. The van der Waals surface area contributed by atoms with Crippen molar-refractivity contribution in [1.82, 2.24) is 0 Å².